The summed E-state index contributed by atoms with van der Waals surface area (Å²) in [7, 11) is 1.77. The Morgan fingerprint density at radius 3 is 2.55 bits per heavy atom. The molecule has 2 N–H and O–H groups in total. The van der Waals surface area contributed by atoms with Gasteiger partial charge in [-0.2, -0.15) is 0 Å². The Kier molecular flexibility index (Phi) is 3.29. The van der Waals surface area contributed by atoms with Gasteiger partial charge in [-0.15, -0.1) is 0 Å². The first-order valence-corrected chi connectivity index (χ1v) is 6.32. The first-order valence-electron chi connectivity index (χ1n) is 6.32. The van der Waals surface area contributed by atoms with E-state index in [0.29, 0.717) is 13.1 Å². The Hall–Kier alpha value is -2.31. The first-order chi connectivity index (χ1) is 9.25. The van der Waals surface area contributed by atoms with Crippen LogP contribution in [-0.4, -0.2) is 41.4 Å². The van der Waals surface area contributed by atoms with E-state index in [1.54, 1.807) is 24.1 Å². The molecule has 1 amide bonds. The third-order valence-corrected chi connectivity index (χ3v) is 3.72. The molecule has 7 nitrogen and oxygen atoms in total. The lowest BCUT2D eigenvalue weighted by Gasteiger charge is -2.46. The number of nitrogens with zero attached hydrogens (tertiary/aromatic N) is 3. The summed E-state index contributed by atoms with van der Waals surface area (Å²) < 4.78 is 0. The Balaban J connectivity index is 2.39. The number of likely N-dealkylation sites (N-methyl/N-ethyl adjacent to an activating group) is 1. The van der Waals surface area contributed by atoms with Gasteiger partial charge >= 0.3 is 0 Å². The van der Waals surface area contributed by atoms with Gasteiger partial charge < -0.3 is 15.5 Å². The molecule has 0 spiro atoms. The van der Waals surface area contributed by atoms with E-state index in [1.807, 2.05) is 18.7 Å². The fourth-order valence-corrected chi connectivity index (χ4v) is 2.54. The van der Waals surface area contributed by atoms with Crippen molar-refractivity contribution in [3.05, 3.63) is 28.3 Å². The van der Waals surface area contributed by atoms with Crippen molar-refractivity contribution in [3.63, 3.8) is 0 Å². The fraction of sp³-hybridized carbons (Fsp3) is 0.462. The Bertz CT molecular complexity index is 571. The molecule has 0 radical (unpaired) electrons. The van der Waals surface area contributed by atoms with Gasteiger partial charge in [0.15, 0.2) is 0 Å². The van der Waals surface area contributed by atoms with Crippen molar-refractivity contribution in [2.75, 3.05) is 30.8 Å². The highest BCUT2D eigenvalue weighted by molar-refractivity contribution is 5.90. The highest BCUT2D eigenvalue weighted by Gasteiger charge is 2.40. The molecule has 7 heteroatoms. The molecule has 1 fully saturated rings. The summed E-state index contributed by atoms with van der Waals surface area (Å²) in [5.41, 5.74) is 5.73. The van der Waals surface area contributed by atoms with Gasteiger partial charge in [-0.1, -0.05) is 0 Å². The van der Waals surface area contributed by atoms with E-state index < -0.39 is 10.5 Å². The molecule has 1 heterocycles. The molecule has 1 aromatic rings. The summed E-state index contributed by atoms with van der Waals surface area (Å²) in [6.07, 6.45) is 0. The Morgan fingerprint density at radius 1 is 1.35 bits per heavy atom. The molecule has 1 aliphatic rings. The molecule has 20 heavy (non-hydrogen) atoms. The van der Waals surface area contributed by atoms with Crippen molar-refractivity contribution in [1.29, 1.82) is 0 Å². The maximum atomic E-state index is 12.2. The number of hydrogen-bond acceptors (Lipinski definition) is 5. The number of carbonyl (C=O) groups is 1. The standard InChI is InChI=1S/C13H18N4O3/c1-13(2)12(18)15(3)6-7-16(13)9-4-5-11(17(19)20)10(14)8-9/h4-5,8H,6-7,14H2,1-3H3. The van der Waals surface area contributed by atoms with Gasteiger partial charge in [-0.3, -0.25) is 14.9 Å². The van der Waals surface area contributed by atoms with Crippen molar-refractivity contribution in [1.82, 2.24) is 4.90 Å². The predicted molar refractivity (Wildman–Crippen MR) is 76.6 cm³/mol. The average Bonchev–Trinajstić information content (AvgIpc) is 2.35. The number of nitro benzene ring substituents is 1. The van der Waals surface area contributed by atoms with Crippen LogP contribution >= 0.6 is 0 Å². The van der Waals surface area contributed by atoms with Crippen LogP contribution in [0.2, 0.25) is 0 Å². The lowest BCUT2D eigenvalue weighted by Crippen LogP contribution is -2.62. The average molecular weight is 278 g/mol. The number of piperazine rings is 1. The summed E-state index contributed by atoms with van der Waals surface area (Å²) in [5, 5.41) is 10.8. The predicted octanol–water partition coefficient (Wildman–Crippen LogP) is 1.23. The number of nitrogens with two attached hydrogens (primary N) is 1. The number of hydrogen-bond donors (Lipinski definition) is 1. The molecular weight excluding hydrogens is 260 g/mol. The van der Waals surface area contributed by atoms with Crippen LogP contribution in [0.4, 0.5) is 17.1 Å². The molecule has 108 valence electrons. The van der Waals surface area contributed by atoms with Crippen LogP contribution in [0.25, 0.3) is 0 Å². The maximum Gasteiger partial charge on any atom is 0.292 e. The molecule has 1 saturated heterocycles. The molecule has 0 bridgehead atoms. The van der Waals surface area contributed by atoms with Crippen molar-refractivity contribution in [3.8, 4) is 0 Å². The van der Waals surface area contributed by atoms with Gasteiger partial charge in [0.05, 0.1) is 4.92 Å². The number of benzene rings is 1. The van der Waals surface area contributed by atoms with E-state index in [2.05, 4.69) is 0 Å². The van der Waals surface area contributed by atoms with Gasteiger partial charge in [0, 0.05) is 31.9 Å². The highest BCUT2D eigenvalue weighted by atomic mass is 16.6. The van der Waals surface area contributed by atoms with E-state index in [4.69, 9.17) is 5.73 Å². The molecule has 0 atom stereocenters. The van der Waals surface area contributed by atoms with E-state index in [9.17, 15) is 14.9 Å². The van der Waals surface area contributed by atoms with E-state index in [0.717, 1.165) is 5.69 Å². The minimum absolute atomic E-state index is 0.0145. The zero-order valence-electron chi connectivity index (χ0n) is 11.8. The largest absolute Gasteiger partial charge is 0.393 e. The Morgan fingerprint density at radius 2 is 2.00 bits per heavy atom. The Labute approximate surface area is 117 Å². The van der Waals surface area contributed by atoms with Crippen LogP contribution in [0.5, 0.6) is 0 Å². The minimum atomic E-state index is -0.699. The van der Waals surface area contributed by atoms with Crippen LogP contribution < -0.4 is 10.6 Å². The van der Waals surface area contributed by atoms with E-state index >= 15 is 0 Å². The summed E-state index contributed by atoms with van der Waals surface area (Å²) in [5.74, 6) is 0.0145. The second-order valence-corrected chi connectivity index (χ2v) is 5.44. The van der Waals surface area contributed by atoms with Gasteiger partial charge in [-0.05, 0) is 26.0 Å². The second kappa shape index (κ2) is 4.66. The molecule has 1 aromatic carbocycles. The van der Waals surface area contributed by atoms with Crippen LogP contribution in [-0.2, 0) is 4.79 Å². The zero-order chi connectivity index (χ0) is 15.1. The van der Waals surface area contributed by atoms with Crippen LogP contribution in [0.1, 0.15) is 13.8 Å². The van der Waals surface area contributed by atoms with Crippen LogP contribution in [0.3, 0.4) is 0 Å². The summed E-state index contributed by atoms with van der Waals surface area (Å²) in [4.78, 5) is 26.1. The summed E-state index contributed by atoms with van der Waals surface area (Å²) in [6.45, 7) is 4.94. The number of nitrogen functional groups attached to an aromatic ring is 1. The van der Waals surface area contributed by atoms with Gasteiger partial charge in [0.25, 0.3) is 5.69 Å². The lowest BCUT2D eigenvalue weighted by molar-refractivity contribution is -0.383. The number of rotatable bonds is 2. The molecule has 0 aromatic heterocycles. The maximum absolute atomic E-state index is 12.2. The van der Waals surface area contributed by atoms with E-state index in [-0.39, 0.29) is 17.3 Å². The number of amides is 1. The van der Waals surface area contributed by atoms with Crippen molar-refractivity contribution in [2.24, 2.45) is 0 Å². The number of anilines is 2. The van der Waals surface area contributed by atoms with Gasteiger partial charge in [0.2, 0.25) is 5.91 Å². The van der Waals surface area contributed by atoms with Crippen LogP contribution in [0, 0.1) is 10.1 Å². The second-order valence-electron chi connectivity index (χ2n) is 5.44. The smallest absolute Gasteiger partial charge is 0.292 e. The minimum Gasteiger partial charge on any atom is -0.393 e. The number of carbonyl (C=O) groups excluding carboxylic acids is 1. The third-order valence-electron chi connectivity index (χ3n) is 3.72. The van der Waals surface area contributed by atoms with E-state index in [1.165, 1.54) is 6.07 Å². The third kappa shape index (κ3) is 2.15. The molecule has 1 aliphatic heterocycles. The topological polar surface area (TPSA) is 92.7 Å². The lowest BCUT2D eigenvalue weighted by atomic mass is 9.96. The van der Waals surface area contributed by atoms with Crippen LogP contribution in [0.15, 0.2) is 18.2 Å². The molecule has 0 aliphatic carbocycles. The fourth-order valence-electron chi connectivity index (χ4n) is 2.54. The van der Waals surface area contributed by atoms with Gasteiger partial charge in [-0.25, -0.2) is 0 Å². The summed E-state index contributed by atoms with van der Waals surface area (Å²) in [6, 6.07) is 4.57. The first kappa shape index (κ1) is 14.1. The zero-order valence-corrected chi connectivity index (χ0v) is 11.8. The molecular formula is C13H18N4O3. The highest BCUT2D eigenvalue weighted by Crippen LogP contribution is 2.32. The monoisotopic (exact) mass is 278 g/mol. The van der Waals surface area contributed by atoms with Crippen molar-refractivity contribution < 1.29 is 9.72 Å². The summed E-state index contributed by atoms with van der Waals surface area (Å²) >= 11 is 0. The van der Waals surface area contributed by atoms with Crippen molar-refractivity contribution in [2.45, 2.75) is 19.4 Å². The molecule has 2 rings (SSSR count). The SMILES string of the molecule is CN1CCN(c2ccc([N+](=O)[O-])c(N)c2)C(C)(C)C1=O. The molecule has 0 saturated carbocycles. The molecule has 0 unspecified atom stereocenters. The normalized spacial score (nSPS) is 18.2. The van der Waals surface area contributed by atoms with Crippen molar-refractivity contribution >= 4 is 23.0 Å². The van der Waals surface area contributed by atoms with Gasteiger partial charge in [0.1, 0.15) is 11.2 Å². The quantitative estimate of drug-likeness (QED) is 0.499. The number of nitro groups is 1.